The number of carbonyl (C=O) groups is 1. The van der Waals surface area contributed by atoms with Crippen LogP contribution in [0.3, 0.4) is 0 Å². The van der Waals surface area contributed by atoms with Crippen LogP contribution in [0.2, 0.25) is 0 Å². The highest BCUT2D eigenvalue weighted by Crippen LogP contribution is 2.21. The Hall–Kier alpha value is -1.03. The molecule has 0 fully saturated rings. The van der Waals surface area contributed by atoms with Crippen molar-refractivity contribution >= 4 is 6.09 Å². The van der Waals surface area contributed by atoms with Crippen molar-refractivity contribution in [2.24, 2.45) is 0 Å². The molecule has 1 heterocycles. The van der Waals surface area contributed by atoms with E-state index in [4.69, 9.17) is 0 Å². The van der Waals surface area contributed by atoms with Crippen molar-refractivity contribution in [3.8, 4) is 0 Å². The molecule has 0 aromatic carbocycles. The molecule has 20 heavy (non-hydrogen) atoms. The molecule has 4 nitrogen and oxygen atoms in total. The van der Waals surface area contributed by atoms with Crippen LogP contribution in [0.5, 0.6) is 0 Å². The number of nitrogens with zero attached hydrogens (tertiary/aromatic N) is 2. The number of unbranched alkanes of at least 4 members (excludes halogenated alkanes) is 6. The molecule has 116 valence electrons. The van der Waals surface area contributed by atoms with Crippen molar-refractivity contribution in [3.05, 3.63) is 12.4 Å². The van der Waals surface area contributed by atoms with Gasteiger partial charge < -0.3 is 10.0 Å². The summed E-state index contributed by atoms with van der Waals surface area (Å²) in [5.41, 5.74) is 0. The predicted molar refractivity (Wildman–Crippen MR) is 82.1 cm³/mol. The first-order valence-electron chi connectivity index (χ1n) is 8.18. The van der Waals surface area contributed by atoms with Gasteiger partial charge in [0.05, 0.1) is 12.7 Å². The molecule has 0 spiro atoms. The lowest BCUT2D eigenvalue weighted by Gasteiger charge is -2.27. The SMILES string of the molecule is CCCCCCCCN1C=C[N+](CCCC)(C(=O)O)C1. The molecule has 0 aliphatic carbocycles. The van der Waals surface area contributed by atoms with Crippen LogP contribution in [0, 0.1) is 0 Å². The molecule has 1 aliphatic rings. The minimum atomic E-state index is -0.722. The van der Waals surface area contributed by atoms with Gasteiger partial charge in [-0.25, -0.2) is 0 Å². The summed E-state index contributed by atoms with van der Waals surface area (Å²) in [4.78, 5) is 13.7. The Bertz CT molecular complexity index is 318. The van der Waals surface area contributed by atoms with Gasteiger partial charge in [0.25, 0.3) is 0 Å². The van der Waals surface area contributed by atoms with Gasteiger partial charge in [0.1, 0.15) is 6.20 Å². The number of quaternary nitrogens is 1. The van der Waals surface area contributed by atoms with Crippen LogP contribution in [-0.4, -0.2) is 40.3 Å². The molecule has 0 aromatic rings. The summed E-state index contributed by atoms with van der Waals surface area (Å²) in [5.74, 6) is 0. The fraction of sp³-hybridized carbons (Fsp3) is 0.812. The molecular formula is C16H31N2O2+. The lowest BCUT2D eigenvalue weighted by atomic mass is 10.1. The zero-order valence-corrected chi connectivity index (χ0v) is 13.2. The summed E-state index contributed by atoms with van der Waals surface area (Å²) in [6.45, 7) is 6.63. The fourth-order valence-electron chi connectivity index (χ4n) is 2.69. The molecule has 1 N–H and O–H groups in total. The lowest BCUT2D eigenvalue weighted by Crippen LogP contribution is -2.49. The average molecular weight is 283 g/mol. The third-order valence-electron chi connectivity index (χ3n) is 4.09. The summed E-state index contributed by atoms with van der Waals surface area (Å²) in [6.07, 6.45) is 12.8. The Morgan fingerprint density at radius 1 is 1.10 bits per heavy atom. The third-order valence-corrected chi connectivity index (χ3v) is 4.09. The van der Waals surface area contributed by atoms with Crippen molar-refractivity contribution in [1.29, 1.82) is 0 Å². The van der Waals surface area contributed by atoms with Crippen molar-refractivity contribution in [1.82, 2.24) is 4.90 Å². The second kappa shape index (κ2) is 9.01. The van der Waals surface area contributed by atoms with E-state index >= 15 is 0 Å². The van der Waals surface area contributed by atoms with E-state index in [0.717, 1.165) is 19.4 Å². The summed E-state index contributed by atoms with van der Waals surface area (Å²) in [5, 5.41) is 9.47. The van der Waals surface area contributed by atoms with Crippen molar-refractivity contribution in [2.45, 2.75) is 65.2 Å². The minimum Gasteiger partial charge on any atom is -0.435 e. The maximum atomic E-state index is 11.5. The first-order valence-corrected chi connectivity index (χ1v) is 8.18. The van der Waals surface area contributed by atoms with Gasteiger partial charge in [0.15, 0.2) is 6.67 Å². The number of hydrogen-bond acceptors (Lipinski definition) is 2. The van der Waals surface area contributed by atoms with Gasteiger partial charge >= 0.3 is 6.09 Å². The Balaban J connectivity index is 2.27. The molecule has 1 unspecified atom stereocenters. The average Bonchev–Trinajstić information content (AvgIpc) is 2.85. The molecule has 0 radical (unpaired) electrons. The molecule has 0 bridgehead atoms. The van der Waals surface area contributed by atoms with Crippen LogP contribution >= 0.6 is 0 Å². The zero-order chi connectivity index (χ0) is 14.8. The van der Waals surface area contributed by atoms with E-state index in [1.54, 1.807) is 0 Å². The van der Waals surface area contributed by atoms with Gasteiger partial charge in [-0.1, -0.05) is 52.4 Å². The Morgan fingerprint density at radius 2 is 1.75 bits per heavy atom. The lowest BCUT2D eigenvalue weighted by molar-refractivity contribution is -0.808. The van der Waals surface area contributed by atoms with E-state index in [1.165, 1.54) is 38.5 Å². The molecule has 1 aliphatic heterocycles. The zero-order valence-electron chi connectivity index (χ0n) is 13.2. The van der Waals surface area contributed by atoms with Crippen molar-refractivity contribution < 1.29 is 14.4 Å². The monoisotopic (exact) mass is 283 g/mol. The first kappa shape index (κ1) is 17.0. The summed E-state index contributed by atoms with van der Waals surface area (Å²) in [6, 6.07) is 0. The fourth-order valence-corrected chi connectivity index (χ4v) is 2.69. The summed E-state index contributed by atoms with van der Waals surface area (Å²) >= 11 is 0. The highest BCUT2D eigenvalue weighted by molar-refractivity contribution is 5.57. The van der Waals surface area contributed by atoms with E-state index in [-0.39, 0.29) is 4.48 Å². The van der Waals surface area contributed by atoms with Crippen LogP contribution in [-0.2, 0) is 0 Å². The standard InChI is InChI=1S/C16H30N2O2/c1-3-5-7-8-9-10-11-17-12-14-18(15-17,16(19)20)13-6-4-2/h12,14H,3-11,13,15H2,1-2H3/p+1. The molecule has 1 rings (SSSR count). The quantitative estimate of drug-likeness (QED) is 0.477. The molecule has 0 aromatic heterocycles. The number of carboxylic acid groups (broad SMARTS) is 1. The van der Waals surface area contributed by atoms with E-state index in [9.17, 15) is 9.90 Å². The second-order valence-corrected chi connectivity index (χ2v) is 5.91. The van der Waals surface area contributed by atoms with Gasteiger partial charge in [0.2, 0.25) is 0 Å². The van der Waals surface area contributed by atoms with Gasteiger partial charge in [-0.15, -0.1) is 0 Å². The van der Waals surface area contributed by atoms with E-state index in [1.807, 2.05) is 12.4 Å². The highest BCUT2D eigenvalue weighted by atomic mass is 16.4. The van der Waals surface area contributed by atoms with Gasteiger partial charge in [-0.05, 0) is 12.8 Å². The van der Waals surface area contributed by atoms with Crippen molar-refractivity contribution in [2.75, 3.05) is 19.8 Å². The normalized spacial score (nSPS) is 21.6. The van der Waals surface area contributed by atoms with Crippen molar-refractivity contribution in [3.63, 3.8) is 0 Å². The van der Waals surface area contributed by atoms with Crippen LogP contribution in [0.25, 0.3) is 0 Å². The number of hydrogen-bond donors (Lipinski definition) is 1. The van der Waals surface area contributed by atoms with E-state index in [2.05, 4.69) is 18.7 Å². The van der Waals surface area contributed by atoms with Crippen LogP contribution < -0.4 is 0 Å². The molecule has 1 atom stereocenters. The first-order chi connectivity index (χ1) is 9.64. The van der Waals surface area contributed by atoms with Gasteiger partial charge in [0, 0.05) is 6.54 Å². The number of rotatable bonds is 10. The Morgan fingerprint density at radius 3 is 2.40 bits per heavy atom. The number of amides is 1. The molecule has 1 amide bonds. The molecule has 0 saturated carbocycles. The molecule has 4 heteroatoms. The Labute approximate surface area is 123 Å². The maximum Gasteiger partial charge on any atom is 0.519 e. The predicted octanol–water partition coefficient (Wildman–Crippen LogP) is 4.39. The second-order valence-electron chi connectivity index (χ2n) is 5.91. The highest BCUT2D eigenvalue weighted by Gasteiger charge is 2.39. The van der Waals surface area contributed by atoms with Crippen LogP contribution in [0.1, 0.15) is 65.2 Å². The maximum absolute atomic E-state index is 11.5. The largest absolute Gasteiger partial charge is 0.519 e. The van der Waals surface area contributed by atoms with E-state index < -0.39 is 6.09 Å². The topological polar surface area (TPSA) is 40.5 Å². The smallest absolute Gasteiger partial charge is 0.435 e. The molecular weight excluding hydrogens is 252 g/mol. The minimum absolute atomic E-state index is 0.0870. The Kier molecular flexibility index (Phi) is 7.67. The van der Waals surface area contributed by atoms with Gasteiger partial charge in [-0.3, -0.25) is 0 Å². The van der Waals surface area contributed by atoms with Crippen LogP contribution in [0.4, 0.5) is 4.79 Å². The summed E-state index contributed by atoms with van der Waals surface area (Å²) < 4.78 is 0.0870. The van der Waals surface area contributed by atoms with Gasteiger partial charge in [-0.2, -0.15) is 9.28 Å². The van der Waals surface area contributed by atoms with Crippen LogP contribution in [0.15, 0.2) is 12.4 Å². The summed E-state index contributed by atoms with van der Waals surface area (Å²) in [7, 11) is 0. The third kappa shape index (κ3) is 5.16. The molecule has 0 saturated heterocycles. The van der Waals surface area contributed by atoms with E-state index in [0.29, 0.717) is 13.2 Å².